The lowest BCUT2D eigenvalue weighted by Crippen LogP contribution is -2.48. The van der Waals surface area contributed by atoms with Gasteiger partial charge >= 0.3 is 0 Å². The lowest BCUT2D eigenvalue weighted by atomic mass is 10.0. The summed E-state index contributed by atoms with van der Waals surface area (Å²) in [6.07, 6.45) is 1.70. The molecule has 0 bridgehead atoms. The highest BCUT2D eigenvalue weighted by Gasteiger charge is 2.17. The Morgan fingerprint density at radius 3 is 2.40 bits per heavy atom. The molecule has 0 radical (unpaired) electrons. The number of primary amides is 1. The van der Waals surface area contributed by atoms with E-state index in [9.17, 15) is 4.79 Å². The third-order valence-electron chi connectivity index (χ3n) is 3.40. The van der Waals surface area contributed by atoms with Gasteiger partial charge in [-0.3, -0.25) is 4.79 Å². The molecule has 1 aromatic rings. The second-order valence-corrected chi connectivity index (χ2v) is 5.67. The van der Waals surface area contributed by atoms with E-state index in [-0.39, 0.29) is 11.9 Å². The van der Waals surface area contributed by atoms with Gasteiger partial charge in [0.2, 0.25) is 5.91 Å². The maximum atomic E-state index is 11.6. The first-order valence-electron chi connectivity index (χ1n) is 7.26. The van der Waals surface area contributed by atoms with Crippen molar-refractivity contribution in [2.24, 2.45) is 11.7 Å². The molecule has 1 amide bonds. The first-order chi connectivity index (χ1) is 9.52. The third-order valence-corrected chi connectivity index (χ3v) is 3.40. The van der Waals surface area contributed by atoms with Crippen LogP contribution in [-0.4, -0.2) is 31.6 Å². The molecule has 0 unspecified atom stereocenters. The van der Waals surface area contributed by atoms with Crippen molar-refractivity contribution in [2.75, 3.05) is 13.6 Å². The predicted molar refractivity (Wildman–Crippen MR) is 83.4 cm³/mol. The number of amides is 1. The van der Waals surface area contributed by atoms with Gasteiger partial charge in [0.05, 0.1) is 6.04 Å². The summed E-state index contributed by atoms with van der Waals surface area (Å²) in [5.74, 6) is 0.323. The van der Waals surface area contributed by atoms with Gasteiger partial charge in [0.1, 0.15) is 0 Å². The van der Waals surface area contributed by atoms with Crippen LogP contribution in [0.2, 0.25) is 0 Å². The topological polar surface area (TPSA) is 67.2 Å². The summed E-state index contributed by atoms with van der Waals surface area (Å²) in [7, 11) is 1.95. The molecule has 2 atom stereocenters. The van der Waals surface area contributed by atoms with Crippen LogP contribution in [0, 0.1) is 5.92 Å². The molecule has 0 aliphatic carbocycles. The van der Waals surface area contributed by atoms with E-state index in [0.717, 1.165) is 18.5 Å². The van der Waals surface area contributed by atoms with Crippen molar-refractivity contribution < 1.29 is 4.79 Å². The zero-order valence-corrected chi connectivity index (χ0v) is 12.7. The number of nitrogens with two attached hydrogens (primary N) is 1. The van der Waals surface area contributed by atoms with Gasteiger partial charge in [0, 0.05) is 12.6 Å². The van der Waals surface area contributed by atoms with Crippen LogP contribution in [0.5, 0.6) is 0 Å². The van der Waals surface area contributed by atoms with E-state index < -0.39 is 0 Å². The van der Waals surface area contributed by atoms with Crippen molar-refractivity contribution in [3.05, 3.63) is 35.9 Å². The fraction of sp³-hybridized carbons (Fsp3) is 0.562. The highest BCUT2D eigenvalue weighted by molar-refractivity contribution is 5.80. The summed E-state index contributed by atoms with van der Waals surface area (Å²) in [5.41, 5.74) is 6.61. The van der Waals surface area contributed by atoms with Crippen LogP contribution in [0.25, 0.3) is 0 Å². The maximum Gasteiger partial charge on any atom is 0.234 e. The largest absolute Gasteiger partial charge is 0.368 e. The molecule has 4 nitrogen and oxygen atoms in total. The molecule has 0 heterocycles. The van der Waals surface area contributed by atoms with E-state index >= 15 is 0 Å². The van der Waals surface area contributed by atoms with Crippen molar-refractivity contribution in [1.29, 1.82) is 0 Å². The average molecular weight is 277 g/mol. The molecule has 1 aromatic carbocycles. The molecule has 0 aliphatic rings. The van der Waals surface area contributed by atoms with Gasteiger partial charge < -0.3 is 16.4 Å². The molecule has 0 fully saturated rings. The number of carbonyl (C=O) groups excluding carboxylic acids is 1. The maximum absolute atomic E-state index is 11.6. The summed E-state index contributed by atoms with van der Waals surface area (Å²) in [4.78, 5) is 11.6. The molecule has 0 saturated carbocycles. The molecule has 0 spiro atoms. The van der Waals surface area contributed by atoms with Crippen LogP contribution < -0.4 is 16.4 Å². The van der Waals surface area contributed by atoms with Crippen molar-refractivity contribution in [3.8, 4) is 0 Å². The Hall–Kier alpha value is -1.39. The Bertz CT molecular complexity index is 392. The number of hydrogen-bond donors (Lipinski definition) is 3. The highest BCUT2D eigenvalue weighted by atomic mass is 16.1. The normalized spacial score (nSPS) is 14.2. The van der Waals surface area contributed by atoms with Gasteiger partial charge in [-0.1, -0.05) is 44.2 Å². The van der Waals surface area contributed by atoms with E-state index in [4.69, 9.17) is 5.73 Å². The van der Waals surface area contributed by atoms with Gasteiger partial charge in [-0.15, -0.1) is 0 Å². The summed E-state index contributed by atoms with van der Waals surface area (Å²) >= 11 is 0. The van der Waals surface area contributed by atoms with Crippen LogP contribution in [0.3, 0.4) is 0 Å². The van der Waals surface area contributed by atoms with Crippen molar-refractivity contribution in [1.82, 2.24) is 10.6 Å². The zero-order valence-electron chi connectivity index (χ0n) is 12.7. The second kappa shape index (κ2) is 8.72. The zero-order chi connectivity index (χ0) is 15.0. The number of likely N-dealkylation sites (N-methyl/N-ethyl adjacent to an activating group) is 1. The molecule has 112 valence electrons. The minimum atomic E-state index is -0.319. The molecule has 0 aromatic heterocycles. The van der Waals surface area contributed by atoms with E-state index in [0.29, 0.717) is 18.4 Å². The van der Waals surface area contributed by atoms with E-state index in [2.05, 4.69) is 24.5 Å². The molecule has 0 aliphatic heterocycles. The van der Waals surface area contributed by atoms with Gasteiger partial charge in [-0.2, -0.15) is 0 Å². The minimum absolute atomic E-state index is 0.298. The Morgan fingerprint density at radius 1 is 1.25 bits per heavy atom. The smallest absolute Gasteiger partial charge is 0.234 e. The summed E-state index contributed by atoms with van der Waals surface area (Å²) in [6.45, 7) is 5.13. The molecular weight excluding hydrogens is 250 g/mol. The molecule has 0 saturated heterocycles. The van der Waals surface area contributed by atoms with Crippen LogP contribution in [0.15, 0.2) is 30.3 Å². The van der Waals surface area contributed by atoms with Crippen molar-refractivity contribution in [3.63, 3.8) is 0 Å². The molecule has 4 N–H and O–H groups in total. The minimum Gasteiger partial charge on any atom is -0.368 e. The molecule has 20 heavy (non-hydrogen) atoms. The molecular formula is C16H27N3O. The summed E-state index contributed by atoms with van der Waals surface area (Å²) < 4.78 is 0. The van der Waals surface area contributed by atoms with Gasteiger partial charge in [0.25, 0.3) is 0 Å². The van der Waals surface area contributed by atoms with Gasteiger partial charge in [-0.25, -0.2) is 0 Å². The quantitative estimate of drug-likeness (QED) is 0.637. The third kappa shape index (κ3) is 6.17. The highest BCUT2D eigenvalue weighted by Crippen LogP contribution is 2.06. The molecule has 4 heteroatoms. The van der Waals surface area contributed by atoms with Crippen LogP contribution in [-0.2, 0) is 11.2 Å². The summed E-state index contributed by atoms with van der Waals surface area (Å²) in [6, 6.07) is 9.98. The standard InChI is InChI=1S/C16H27N3O/c1-12(2)9-14(18-3)11-19-15(16(17)20)10-13-7-5-4-6-8-13/h4-8,12,14-15,18-19H,9-11H2,1-3H3,(H2,17,20)/t14-,15-/m0/s1. The van der Waals surface area contributed by atoms with E-state index in [1.54, 1.807) is 0 Å². The van der Waals surface area contributed by atoms with Crippen LogP contribution >= 0.6 is 0 Å². The molecule has 1 rings (SSSR count). The predicted octanol–water partition coefficient (Wildman–Crippen LogP) is 1.31. The van der Waals surface area contributed by atoms with Gasteiger partial charge in [-0.05, 0) is 31.4 Å². The lowest BCUT2D eigenvalue weighted by molar-refractivity contribution is -0.120. The Labute approximate surface area is 122 Å². The van der Waals surface area contributed by atoms with Crippen LogP contribution in [0.1, 0.15) is 25.8 Å². The SMILES string of the molecule is CN[C@H](CN[C@@H](Cc1ccccc1)C(N)=O)CC(C)C. The Balaban J connectivity index is 2.53. The van der Waals surface area contributed by atoms with Crippen molar-refractivity contribution >= 4 is 5.91 Å². The Morgan fingerprint density at radius 2 is 1.90 bits per heavy atom. The number of hydrogen-bond acceptors (Lipinski definition) is 3. The van der Waals surface area contributed by atoms with E-state index in [1.165, 1.54) is 0 Å². The first-order valence-corrected chi connectivity index (χ1v) is 7.26. The second-order valence-electron chi connectivity index (χ2n) is 5.67. The summed E-state index contributed by atoms with van der Waals surface area (Å²) in [5, 5.41) is 6.56. The number of carbonyl (C=O) groups is 1. The fourth-order valence-corrected chi connectivity index (χ4v) is 2.28. The number of rotatable bonds is 9. The first kappa shape index (κ1) is 16.7. The number of nitrogens with one attached hydrogen (secondary N) is 2. The Kier molecular flexibility index (Phi) is 7.26. The van der Waals surface area contributed by atoms with Crippen molar-refractivity contribution in [2.45, 2.75) is 38.8 Å². The monoisotopic (exact) mass is 277 g/mol. The van der Waals surface area contributed by atoms with Gasteiger partial charge in [0.15, 0.2) is 0 Å². The average Bonchev–Trinajstić information content (AvgIpc) is 2.42. The van der Waals surface area contributed by atoms with Crippen LogP contribution in [0.4, 0.5) is 0 Å². The van der Waals surface area contributed by atoms with E-state index in [1.807, 2.05) is 37.4 Å². The fourth-order valence-electron chi connectivity index (χ4n) is 2.28. The number of benzene rings is 1. The lowest BCUT2D eigenvalue weighted by Gasteiger charge is -2.22.